The molecule has 5 nitrogen and oxygen atoms in total. The van der Waals surface area contributed by atoms with E-state index in [1.165, 1.54) is 5.56 Å². The SMILES string of the molecule is Cc1ccnc(C)c1NCc1cnn(CCO)c1. The Kier molecular flexibility index (Phi) is 3.94. The van der Waals surface area contributed by atoms with E-state index < -0.39 is 0 Å². The molecule has 2 heterocycles. The summed E-state index contributed by atoms with van der Waals surface area (Å²) in [6.45, 7) is 5.40. The van der Waals surface area contributed by atoms with E-state index in [0.29, 0.717) is 13.1 Å². The zero-order chi connectivity index (χ0) is 13.0. The van der Waals surface area contributed by atoms with Gasteiger partial charge in [0.2, 0.25) is 0 Å². The van der Waals surface area contributed by atoms with E-state index in [-0.39, 0.29) is 6.61 Å². The highest BCUT2D eigenvalue weighted by atomic mass is 16.3. The summed E-state index contributed by atoms with van der Waals surface area (Å²) in [5.74, 6) is 0. The van der Waals surface area contributed by atoms with Crippen LogP contribution >= 0.6 is 0 Å². The zero-order valence-corrected chi connectivity index (χ0v) is 10.7. The molecule has 0 atom stereocenters. The molecular formula is C13H18N4O. The minimum Gasteiger partial charge on any atom is -0.394 e. The number of hydrogen-bond acceptors (Lipinski definition) is 4. The molecule has 0 saturated heterocycles. The Morgan fingerprint density at radius 3 is 2.94 bits per heavy atom. The van der Waals surface area contributed by atoms with Crippen molar-refractivity contribution in [2.24, 2.45) is 0 Å². The molecule has 0 aromatic carbocycles. The molecule has 0 saturated carbocycles. The van der Waals surface area contributed by atoms with E-state index in [1.807, 2.05) is 31.6 Å². The molecule has 5 heteroatoms. The van der Waals surface area contributed by atoms with Crippen molar-refractivity contribution in [3.8, 4) is 0 Å². The van der Waals surface area contributed by atoms with Crippen LogP contribution in [0.1, 0.15) is 16.8 Å². The van der Waals surface area contributed by atoms with Gasteiger partial charge in [-0.2, -0.15) is 5.10 Å². The summed E-state index contributed by atoms with van der Waals surface area (Å²) in [5.41, 5.74) is 4.35. The number of hydrogen-bond donors (Lipinski definition) is 2. The van der Waals surface area contributed by atoms with Gasteiger partial charge in [0.15, 0.2) is 0 Å². The van der Waals surface area contributed by atoms with E-state index in [2.05, 4.69) is 22.3 Å². The fourth-order valence-electron chi connectivity index (χ4n) is 1.87. The lowest BCUT2D eigenvalue weighted by Crippen LogP contribution is -2.04. The molecule has 96 valence electrons. The van der Waals surface area contributed by atoms with Gasteiger partial charge >= 0.3 is 0 Å². The van der Waals surface area contributed by atoms with E-state index >= 15 is 0 Å². The molecule has 0 bridgehead atoms. The van der Waals surface area contributed by atoms with Crippen LogP contribution in [0.5, 0.6) is 0 Å². The summed E-state index contributed by atoms with van der Waals surface area (Å²) in [6.07, 6.45) is 5.56. The Hall–Kier alpha value is -1.88. The van der Waals surface area contributed by atoms with Gasteiger partial charge in [0.05, 0.1) is 30.7 Å². The van der Waals surface area contributed by atoms with Crippen LogP contribution in [0.15, 0.2) is 24.7 Å². The van der Waals surface area contributed by atoms with Gasteiger partial charge in [0.1, 0.15) is 0 Å². The second kappa shape index (κ2) is 5.64. The second-order valence-corrected chi connectivity index (χ2v) is 4.28. The number of nitrogens with zero attached hydrogens (tertiary/aromatic N) is 3. The normalized spacial score (nSPS) is 10.6. The zero-order valence-electron chi connectivity index (χ0n) is 10.7. The first kappa shape index (κ1) is 12.6. The Balaban J connectivity index is 2.02. The predicted molar refractivity (Wildman–Crippen MR) is 70.4 cm³/mol. The summed E-state index contributed by atoms with van der Waals surface area (Å²) < 4.78 is 1.74. The molecule has 0 radical (unpaired) electrons. The van der Waals surface area contributed by atoms with Crippen molar-refractivity contribution in [3.63, 3.8) is 0 Å². The first-order chi connectivity index (χ1) is 8.70. The molecule has 0 fully saturated rings. The number of aromatic nitrogens is 3. The van der Waals surface area contributed by atoms with Gasteiger partial charge in [-0.3, -0.25) is 9.67 Å². The number of anilines is 1. The van der Waals surface area contributed by atoms with Crippen molar-refractivity contribution in [2.75, 3.05) is 11.9 Å². The van der Waals surface area contributed by atoms with Crippen molar-refractivity contribution in [2.45, 2.75) is 26.9 Å². The third-order valence-electron chi connectivity index (χ3n) is 2.83. The third kappa shape index (κ3) is 2.87. The maximum Gasteiger partial charge on any atom is 0.0640 e. The van der Waals surface area contributed by atoms with Crippen molar-refractivity contribution in [1.29, 1.82) is 0 Å². The first-order valence-electron chi connectivity index (χ1n) is 5.99. The maximum atomic E-state index is 8.82. The van der Waals surface area contributed by atoms with Gasteiger partial charge in [-0.15, -0.1) is 0 Å². The fraction of sp³-hybridized carbons (Fsp3) is 0.385. The molecule has 0 aliphatic heterocycles. The van der Waals surface area contributed by atoms with E-state index in [9.17, 15) is 0 Å². The largest absolute Gasteiger partial charge is 0.394 e. The maximum absolute atomic E-state index is 8.82. The Morgan fingerprint density at radius 2 is 2.22 bits per heavy atom. The van der Waals surface area contributed by atoms with Gasteiger partial charge in [-0.1, -0.05) is 0 Å². The van der Waals surface area contributed by atoms with Gasteiger partial charge in [-0.05, 0) is 25.5 Å². The van der Waals surface area contributed by atoms with Crippen molar-refractivity contribution >= 4 is 5.69 Å². The molecule has 2 rings (SSSR count). The summed E-state index contributed by atoms with van der Waals surface area (Å²) >= 11 is 0. The summed E-state index contributed by atoms with van der Waals surface area (Å²) in [4.78, 5) is 4.27. The van der Waals surface area contributed by atoms with E-state index in [1.54, 1.807) is 4.68 Å². The quantitative estimate of drug-likeness (QED) is 0.839. The summed E-state index contributed by atoms with van der Waals surface area (Å²) in [5, 5.41) is 16.4. The molecule has 18 heavy (non-hydrogen) atoms. The number of aryl methyl sites for hydroxylation is 2. The van der Waals surface area contributed by atoms with Gasteiger partial charge < -0.3 is 10.4 Å². The highest BCUT2D eigenvalue weighted by Crippen LogP contribution is 2.17. The minimum absolute atomic E-state index is 0.107. The monoisotopic (exact) mass is 246 g/mol. The summed E-state index contributed by atoms with van der Waals surface area (Å²) in [7, 11) is 0. The second-order valence-electron chi connectivity index (χ2n) is 4.28. The lowest BCUT2D eigenvalue weighted by Gasteiger charge is -2.10. The van der Waals surface area contributed by atoms with Crippen LogP contribution in [0.25, 0.3) is 0 Å². The molecule has 0 spiro atoms. The molecular weight excluding hydrogens is 228 g/mol. The topological polar surface area (TPSA) is 63.0 Å². The first-order valence-corrected chi connectivity index (χ1v) is 5.99. The Bertz CT molecular complexity index is 501. The Morgan fingerprint density at radius 1 is 1.39 bits per heavy atom. The van der Waals surface area contributed by atoms with Crippen LogP contribution in [0, 0.1) is 13.8 Å². The van der Waals surface area contributed by atoms with Crippen LogP contribution in [0.3, 0.4) is 0 Å². The van der Waals surface area contributed by atoms with Crippen LogP contribution in [0.4, 0.5) is 5.69 Å². The van der Waals surface area contributed by atoms with Crippen LogP contribution < -0.4 is 5.32 Å². The van der Waals surface area contributed by atoms with Gasteiger partial charge in [0, 0.05) is 24.5 Å². The van der Waals surface area contributed by atoms with Crippen molar-refractivity contribution in [1.82, 2.24) is 14.8 Å². The van der Waals surface area contributed by atoms with Crippen molar-refractivity contribution < 1.29 is 5.11 Å². The third-order valence-corrected chi connectivity index (χ3v) is 2.83. The average Bonchev–Trinajstić information content (AvgIpc) is 2.77. The van der Waals surface area contributed by atoms with E-state index in [4.69, 9.17) is 5.11 Å². The Labute approximate surface area is 106 Å². The molecule has 0 aliphatic carbocycles. The number of aliphatic hydroxyl groups excluding tert-OH is 1. The number of aliphatic hydroxyl groups is 1. The number of rotatable bonds is 5. The highest BCUT2D eigenvalue weighted by molar-refractivity contribution is 5.53. The predicted octanol–water partition coefficient (Wildman–Crippen LogP) is 1.50. The molecule has 2 aromatic rings. The number of pyridine rings is 1. The van der Waals surface area contributed by atoms with Crippen molar-refractivity contribution in [3.05, 3.63) is 41.5 Å². The lowest BCUT2D eigenvalue weighted by molar-refractivity contribution is 0.269. The standard InChI is InChI=1S/C13H18N4O/c1-10-3-4-14-11(2)13(10)15-7-12-8-16-17(9-12)5-6-18/h3-4,8-9,15,18H,5-7H2,1-2H3. The van der Waals surface area contributed by atoms with Crippen LogP contribution in [0.2, 0.25) is 0 Å². The van der Waals surface area contributed by atoms with Gasteiger partial charge in [-0.25, -0.2) is 0 Å². The summed E-state index contributed by atoms with van der Waals surface area (Å²) in [6, 6.07) is 1.99. The average molecular weight is 246 g/mol. The number of nitrogens with one attached hydrogen (secondary N) is 1. The smallest absolute Gasteiger partial charge is 0.0640 e. The van der Waals surface area contributed by atoms with Crippen LogP contribution in [-0.2, 0) is 13.1 Å². The minimum atomic E-state index is 0.107. The molecule has 0 aliphatic rings. The van der Waals surface area contributed by atoms with Crippen LogP contribution in [-0.4, -0.2) is 26.5 Å². The molecule has 2 N–H and O–H groups in total. The lowest BCUT2D eigenvalue weighted by atomic mass is 10.2. The van der Waals surface area contributed by atoms with E-state index in [0.717, 1.165) is 16.9 Å². The highest BCUT2D eigenvalue weighted by Gasteiger charge is 2.03. The van der Waals surface area contributed by atoms with Gasteiger partial charge in [0.25, 0.3) is 0 Å². The molecule has 2 aromatic heterocycles. The molecule has 0 unspecified atom stereocenters. The fourth-order valence-corrected chi connectivity index (χ4v) is 1.87. The molecule has 0 amide bonds.